The van der Waals surface area contributed by atoms with Crippen LogP contribution in [-0.2, 0) is 20.9 Å². The summed E-state index contributed by atoms with van der Waals surface area (Å²) >= 11 is 0. The molecule has 0 saturated carbocycles. The Labute approximate surface area is 213 Å². The summed E-state index contributed by atoms with van der Waals surface area (Å²) in [6, 6.07) is 3.88. The number of morpholine rings is 1. The van der Waals surface area contributed by atoms with E-state index >= 15 is 4.39 Å². The number of ether oxygens (including phenoxy) is 1. The second-order valence-corrected chi connectivity index (χ2v) is 10.9. The Morgan fingerprint density at radius 3 is 2.26 bits per heavy atom. The number of anilines is 2. The summed E-state index contributed by atoms with van der Waals surface area (Å²) in [6.45, 7) is 0.0617. The Kier molecular flexibility index (Phi) is 8.04. The van der Waals surface area contributed by atoms with E-state index in [0.29, 0.717) is 9.87 Å². The predicted octanol–water partition coefficient (Wildman–Crippen LogP) is 4.19. The average Bonchev–Trinajstić information content (AvgIpc) is 2.87. The molecule has 2 aliphatic heterocycles. The lowest BCUT2D eigenvalue weighted by molar-refractivity contribution is -0.137. The lowest BCUT2D eigenvalue weighted by atomic mass is 9.98. The lowest BCUT2D eigenvalue weighted by Crippen LogP contribution is -2.45. The Morgan fingerprint density at radius 1 is 1.00 bits per heavy atom. The molecule has 38 heavy (non-hydrogen) atoms. The number of piperidine rings is 1. The van der Waals surface area contributed by atoms with E-state index in [4.69, 9.17) is 4.74 Å². The highest BCUT2D eigenvalue weighted by molar-refractivity contribution is 7.90. The zero-order valence-corrected chi connectivity index (χ0v) is 20.6. The second kappa shape index (κ2) is 10.8. The van der Waals surface area contributed by atoms with Crippen molar-refractivity contribution in [3.8, 4) is 0 Å². The number of aromatic nitrogens is 2. The third kappa shape index (κ3) is 5.96. The van der Waals surface area contributed by atoms with Gasteiger partial charge in [-0.25, -0.2) is 18.4 Å². The first kappa shape index (κ1) is 28.3. The van der Waals surface area contributed by atoms with E-state index in [9.17, 15) is 34.8 Å². The monoisotopic (exact) mass is 571 g/mol. The zero-order valence-electron chi connectivity index (χ0n) is 19.8. The zero-order chi connectivity index (χ0) is 27.7. The van der Waals surface area contributed by atoms with Crippen LogP contribution >= 0.6 is 0 Å². The molecule has 2 aliphatic rings. The van der Waals surface area contributed by atoms with Crippen molar-refractivity contribution in [2.24, 2.45) is 5.92 Å². The van der Waals surface area contributed by atoms with Crippen LogP contribution in [0.15, 0.2) is 30.6 Å². The van der Waals surface area contributed by atoms with E-state index in [1.807, 2.05) is 0 Å². The summed E-state index contributed by atoms with van der Waals surface area (Å²) in [6.07, 6.45) is -3.09. The highest BCUT2D eigenvalue weighted by Crippen LogP contribution is 2.35. The van der Waals surface area contributed by atoms with Gasteiger partial charge in [0, 0.05) is 26.2 Å². The summed E-state index contributed by atoms with van der Waals surface area (Å²) in [4.78, 5) is 9.52. The highest BCUT2D eigenvalue weighted by Gasteiger charge is 2.50. The van der Waals surface area contributed by atoms with Gasteiger partial charge >= 0.3 is 21.7 Å². The average molecular weight is 572 g/mol. The van der Waals surface area contributed by atoms with Crippen molar-refractivity contribution >= 4 is 21.7 Å². The summed E-state index contributed by atoms with van der Waals surface area (Å²) in [7, 11) is -5.39. The van der Waals surface area contributed by atoms with Crippen LogP contribution in [0.2, 0.25) is 0 Å². The molecule has 2 saturated heterocycles. The Balaban J connectivity index is 1.43. The van der Waals surface area contributed by atoms with E-state index in [1.165, 1.54) is 12.1 Å². The minimum atomic E-state index is -5.39. The molecule has 0 bridgehead atoms. The van der Waals surface area contributed by atoms with Crippen molar-refractivity contribution in [3.63, 3.8) is 0 Å². The van der Waals surface area contributed by atoms with Crippen molar-refractivity contribution in [1.82, 2.24) is 14.3 Å². The largest absolute Gasteiger partial charge is 0.511 e. The number of sulfonamides is 1. The van der Waals surface area contributed by atoms with Crippen LogP contribution in [0.5, 0.6) is 0 Å². The molecule has 3 heterocycles. The van der Waals surface area contributed by atoms with Crippen LogP contribution in [-0.4, -0.2) is 67.6 Å². The third-order valence-electron chi connectivity index (χ3n) is 6.56. The number of halogens is 7. The van der Waals surface area contributed by atoms with Gasteiger partial charge in [-0.1, -0.05) is 12.1 Å². The molecule has 1 N–H and O–H groups in total. The fourth-order valence-corrected chi connectivity index (χ4v) is 5.44. The predicted molar refractivity (Wildman–Crippen MR) is 122 cm³/mol. The molecular weight excluding hydrogens is 547 g/mol. The van der Waals surface area contributed by atoms with Gasteiger partial charge in [-0.15, -0.1) is 0 Å². The van der Waals surface area contributed by atoms with Crippen molar-refractivity contribution in [1.29, 1.82) is 0 Å². The molecule has 1 unspecified atom stereocenters. The van der Waals surface area contributed by atoms with E-state index < -0.39 is 39.1 Å². The minimum absolute atomic E-state index is 0.0817. The van der Waals surface area contributed by atoms with Gasteiger partial charge in [0.1, 0.15) is 6.33 Å². The molecule has 0 amide bonds. The van der Waals surface area contributed by atoms with E-state index in [-0.39, 0.29) is 69.8 Å². The fraction of sp³-hybridized carbons (Fsp3) is 0.545. The van der Waals surface area contributed by atoms with Crippen LogP contribution < -0.4 is 10.2 Å². The van der Waals surface area contributed by atoms with Crippen molar-refractivity contribution in [3.05, 3.63) is 47.5 Å². The van der Waals surface area contributed by atoms with Crippen LogP contribution in [0.25, 0.3) is 0 Å². The van der Waals surface area contributed by atoms with Gasteiger partial charge in [-0.3, -0.25) is 0 Å². The maximum Gasteiger partial charge on any atom is 0.511 e. The Hall–Kier alpha value is -2.72. The van der Waals surface area contributed by atoms with Crippen molar-refractivity contribution in [2.45, 2.75) is 30.6 Å². The number of nitrogens with one attached hydrogen (secondary N) is 1. The molecule has 0 spiro atoms. The molecule has 4 rings (SSSR count). The first-order chi connectivity index (χ1) is 17.8. The summed E-state index contributed by atoms with van der Waals surface area (Å²) in [5.41, 5.74) is -5.70. The van der Waals surface area contributed by atoms with Gasteiger partial charge in [-0.05, 0) is 36.5 Å². The number of nitrogens with zero attached hydrogens (tertiary/aromatic N) is 4. The Morgan fingerprint density at radius 2 is 1.66 bits per heavy atom. The maximum atomic E-state index is 15.4. The van der Waals surface area contributed by atoms with Gasteiger partial charge in [0.05, 0.1) is 24.8 Å². The smallest absolute Gasteiger partial charge is 0.377 e. The standard InChI is InChI=1S/C22H24F7N5O3S/c23-18-19(30-11-14-5-7-33(8-6-14)38(35,36)22(27,28)29)31-13-32-20(18)34-9-10-37-12-17(34)15-1-3-16(4-2-15)21(24,25)26/h1-4,13-14,17H,5-12H2,(H,30,31,32). The van der Waals surface area contributed by atoms with Gasteiger partial charge in [0.25, 0.3) is 0 Å². The molecule has 0 radical (unpaired) electrons. The van der Waals surface area contributed by atoms with E-state index in [1.54, 1.807) is 4.90 Å². The molecular formula is C22H24F7N5O3S. The highest BCUT2D eigenvalue weighted by atomic mass is 32.2. The molecule has 2 fully saturated rings. The second-order valence-electron chi connectivity index (χ2n) is 8.94. The molecule has 16 heteroatoms. The Bertz CT molecular complexity index is 1220. The lowest BCUT2D eigenvalue weighted by Gasteiger charge is -2.37. The first-order valence-corrected chi connectivity index (χ1v) is 13.1. The number of alkyl halides is 6. The van der Waals surface area contributed by atoms with Crippen LogP contribution in [0.3, 0.4) is 0 Å². The summed E-state index contributed by atoms with van der Waals surface area (Å²) in [5, 5.41) is 2.83. The van der Waals surface area contributed by atoms with Crippen LogP contribution in [0, 0.1) is 11.7 Å². The number of hydrogen-bond donors (Lipinski definition) is 1. The summed E-state index contributed by atoms with van der Waals surface area (Å²) < 4.78 is 122. The van der Waals surface area contributed by atoms with E-state index in [2.05, 4.69) is 15.3 Å². The molecule has 210 valence electrons. The quantitative estimate of drug-likeness (QED) is 0.521. The van der Waals surface area contributed by atoms with Crippen LogP contribution in [0.4, 0.5) is 42.4 Å². The summed E-state index contributed by atoms with van der Waals surface area (Å²) in [5.74, 6) is -1.26. The third-order valence-corrected chi connectivity index (χ3v) is 8.19. The van der Waals surface area contributed by atoms with Crippen molar-refractivity contribution in [2.75, 3.05) is 49.6 Å². The van der Waals surface area contributed by atoms with E-state index in [0.717, 1.165) is 18.5 Å². The minimum Gasteiger partial charge on any atom is -0.377 e. The van der Waals surface area contributed by atoms with Gasteiger partial charge in [0.2, 0.25) is 5.82 Å². The van der Waals surface area contributed by atoms with Crippen molar-refractivity contribution < 1.29 is 43.9 Å². The van der Waals surface area contributed by atoms with Crippen LogP contribution in [0.1, 0.15) is 30.0 Å². The molecule has 1 atom stereocenters. The molecule has 2 aromatic rings. The molecule has 1 aromatic heterocycles. The molecule has 0 aliphatic carbocycles. The number of rotatable bonds is 6. The van der Waals surface area contributed by atoms with Gasteiger partial charge in [0.15, 0.2) is 11.6 Å². The first-order valence-electron chi connectivity index (χ1n) is 11.6. The maximum absolute atomic E-state index is 15.4. The normalized spacial score (nSPS) is 20.5. The number of hydrogen-bond acceptors (Lipinski definition) is 7. The number of benzene rings is 1. The molecule has 1 aromatic carbocycles. The molecule has 8 nitrogen and oxygen atoms in total. The SMILES string of the molecule is O=S(=O)(N1CCC(CNc2ncnc(N3CCOCC3c3ccc(C(F)(F)F)cc3)c2F)CC1)C(F)(F)F. The van der Waals surface area contributed by atoms with Gasteiger partial charge < -0.3 is 15.0 Å². The fourth-order valence-electron chi connectivity index (χ4n) is 4.45. The van der Waals surface area contributed by atoms with Gasteiger partial charge in [-0.2, -0.15) is 35.0 Å². The topological polar surface area (TPSA) is 87.7 Å².